The summed E-state index contributed by atoms with van der Waals surface area (Å²) in [5, 5.41) is 3.14. The van der Waals surface area contributed by atoms with E-state index in [4.69, 9.17) is 0 Å². The molecule has 0 bridgehead atoms. The fourth-order valence-electron chi connectivity index (χ4n) is 3.52. The van der Waals surface area contributed by atoms with E-state index in [-0.39, 0.29) is 17.7 Å². The predicted octanol–water partition coefficient (Wildman–Crippen LogP) is 2.08. The SMILES string of the molecule is O=C(NC1CCN(C(=O)C2CCCCC2)CC1)C1CC1. The van der Waals surface area contributed by atoms with Crippen molar-refractivity contribution in [3.8, 4) is 0 Å². The molecule has 1 aliphatic heterocycles. The zero-order valence-electron chi connectivity index (χ0n) is 12.3. The smallest absolute Gasteiger partial charge is 0.225 e. The summed E-state index contributed by atoms with van der Waals surface area (Å²) in [6.07, 6.45) is 9.85. The van der Waals surface area contributed by atoms with Crippen molar-refractivity contribution in [1.82, 2.24) is 10.2 Å². The van der Waals surface area contributed by atoms with E-state index < -0.39 is 0 Å². The van der Waals surface area contributed by atoms with E-state index in [1.807, 2.05) is 4.90 Å². The summed E-state index contributed by atoms with van der Waals surface area (Å²) in [6, 6.07) is 0.290. The molecule has 4 nitrogen and oxygen atoms in total. The molecule has 20 heavy (non-hydrogen) atoms. The van der Waals surface area contributed by atoms with Crippen molar-refractivity contribution < 1.29 is 9.59 Å². The van der Waals surface area contributed by atoms with Crippen LogP contribution in [0.2, 0.25) is 0 Å². The van der Waals surface area contributed by atoms with Crippen LogP contribution in [0.5, 0.6) is 0 Å². The average molecular weight is 278 g/mol. The predicted molar refractivity (Wildman–Crippen MR) is 77.0 cm³/mol. The third kappa shape index (κ3) is 3.33. The number of amides is 2. The Kier molecular flexibility index (Phi) is 4.27. The van der Waals surface area contributed by atoms with Crippen molar-refractivity contribution in [2.75, 3.05) is 13.1 Å². The van der Waals surface area contributed by atoms with Crippen LogP contribution >= 0.6 is 0 Å². The highest BCUT2D eigenvalue weighted by atomic mass is 16.2. The van der Waals surface area contributed by atoms with Gasteiger partial charge in [0, 0.05) is 31.0 Å². The molecule has 0 aromatic rings. The van der Waals surface area contributed by atoms with E-state index in [9.17, 15) is 9.59 Å². The lowest BCUT2D eigenvalue weighted by molar-refractivity contribution is -0.137. The number of hydrogen-bond acceptors (Lipinski definition) is 2. The molecule has 0 aromatic carbocycles. The number of likely N-dealkylation sites (tertiary alicyclic amines) is 1. The molecule has 3 fully saturated rings. The summed E-state index contributed by atoms with van der Waals surface area (Å²) >= 11 is 0. The first kappa shape index (κ1) is 13.9. The minimum Gasteiger partial charge on any atom is -0.353 e. The molecule has 3 aliphatic rings. The second-order valence-electron chi connectivity index (χ2n) is 6.72. The van der Waals surface area contributed by atoms with Crippen LogP contribution in [0.25, 0.3) is 0 Å². The normalized spacial score (nSPS) is 25.5. The van der Waals surface area contributed by atoms with Crippen LogP contribution in [0.3, 0.4) is 0 Å². The first-order chi connectivity index (χ1) is 9.74. The van der Waals surface area contributed by atoms with Crippen molar-refractivity contribution >= 4 is 11.8 Å². The summed E-state index contributed by atoms with van der Waals surface area (Å²) < 4.78 is 0. The monoisotopic (exact) mass is 278 g/mol. The average Bonchev–Trinajstić information content (AvgIpc) is 3.33. The molecule has 3 rings (SSSR count). The molecular weight excluding hydrogens is 252 g/mol. The van der Waals surface area contributed by atoms with E-state index in [2.05, 4.69) is 5.32 Å². The van der Waals surface area contributed by atoms with E-state index in [1.165, 1.54) is 19.3 Å². The van der Waals surface area contributed by atoms with Gasteiger partial charge in [0.2, 0.25) is 11.8 Å². The minimum absolute atomic E-state index is 0.238. The topological polar surface area (TPSA) is 49.4 Å². The molecule has 0 atom stereocenters. The first-order valence-electron chi connectivity index (χ1n) is 8.33. The number of nitrogens with zero attached hydrogens (tertiary/aromatic N) is 1. The van der Waals surface area contributed by atoms with Gasteiger partial charge >= 0.3 is 0 Å². The van der Waals surface area contributed by atoms with Crippen LogP contribution in [-0.4, -0.2) is 35.8 Å². The third-order valence-electron chi connectivity index (χ3n) is 5.06. The van der Waals surface area contributed by atoms with Crippen molar-refractivity contribution in [3.63, 3.8) is 0 Å². The number of carbonyl (C=O) groups excluding carboxylic acids is 2. The van der Waals surface area contributed by atoms with Crippen molar-refractivity contribution in [2.24, 2.45) is 11.8 Å². The van der Waals surface area contributed by atoms with E-state index in [0.29, 0.717) is 11.9 Å². The van der Waals surface area contributed by atoms with Gasteiger partial charge in [0.1, 0.15) is 0 Å². The van der Waals surface area contributed by atoms with Crippen molar-refractivity contribution in [3.05, 3.63) is 0 Å². The molecular formula is C16H26N2O2. The maximum atomic E-state index is 12.4. The number of nitrogens with one attached hydrogen (secondary N) is 1. The van der Waals surface area contributed by atoms with Gasteiger partial charge in [-0.05, 0) is 38.5 Å². The van der Waals surface area contributed by atoms with Gasteiger partial charge in [0.05, 0.1) is 0 Å². The van der Waals surface area contributed by atoms with Crippen LogP contribution < -0.4 is 5.32 Å². The Morgan fingerprint density at radius 3 is 2.05 bits per heavy atom. The highest BCUT2D eigenvalue weighted by Gasteiger charge is 2.33. The molecule has 0 unspecified atom stereocenters. The van der Waals surface area contributed by atoms with E-state index in [1.54, 1.807) is 0 Å². The highest BCUT2D eigenvalue weighted by Crippen LogP contribution is 2.30. The number of rotatable bonds is 3. The number of carbonyl (C=O) groups is 2. The molecule has 4 heteroatoms. The fraction of sp³-hybridized carbons (Fsp3) is 0.875. The molecule has 1 heterocycles. The fourth-order valence-corrected chi connectivity index (χ4v) is 3.52. The standard InChI is InChI=1S/C16H26N2O2/c19-15(12-6-7-12)17-14-8-10-18(11-9-14)16(20)13-4-2-1-3-5-13/h12-14H,1-11H2,(H,17,19). The van der Waals surface area contributed by atoms with Gasteiger partial charge < -0.3 is 10.2 Å². The molecule has 1 saturated heterocycles. The molecule has 0 aromatic heterocycles. The Morgan fingerprint density at radius 2 is 1.45 bits per heavy atom. The van der Waals surface area contributed by atoms with Crippen LogP contribution in [0.1, 0.15) is 57.8 Å². The van der Waals surface area contributed by atoms with Gasteiger partial charge in [-0.3, -0.25) is 9.59 Å². The van der Waals surface area contributed by atoms with Gasteiger partial charge in [-0.2, -0.15) is 0 Å². The van der Waals surface area contributed by atoms with Crippen LogP contribution in [0, 0.1) is 11.8 Å². The van der Waals surface area contributed by atoms with Gasteiger partial charge in [-0.15, -0.1) is 0 Å². The quantitative estimate of drug-likeness (QED) is 0.859. The Labute approximate surface area is 121 Å². The number of hydrogen-bond donors (Lipinski definition) is 1. The van der Waals surface area contributed by atoms with E-state index in [0.717, 1.165) is 51.6 Å². The summed E-state index contributed by atoms with van der Waals surface area (Å²) in [6.45, 7) is 1.65. The van der Waals surface area contributed by atoms with Crippen molar-refractivity contribution in [2.45, 2.75) is 63.8 Å². The van der Waals surface area contributed by atoms with Crippen LogP contribution in [0.15, 0.2) is 0 Å². The van der Waals surface area contributed by atoms with Gasteiger partial charge in [-0.25, -0.2) is 0 Å². The van der Waals surface area contributed by atoms with Gasteiger partial charge in [0.15, 0.2) is 0 Å². The van der Waals surface area contributed by atoms with Crippen LogP contribution in [0.4, 0.5) is 0 Å². The zero-order valence-corrected chi connectivity index (χ0v) is 12.3. The number of piperidine rings is 1. The van der Waals surface area contributed by atoms with Crippen LogP contribution in [-0.2, 0) is 9.59 Å². The molecule has 1 N–H and O–H groups in total. The highest BCUT2D eigenvalue weighted by molar-refractivity contribution is 5.81. The van der Waals surface area contributed by atoms with Gasteiger partial charge in [0.25, 0.3) is 0 Å². The second-order valence-corrected chi connectivity index (χ2v) is 6.72. The lowest BCUT2D eigenvalue weighted by Crippen LogP contribution is -2.48. The Balaban J connectivity index is 1.42. The first-order valence-corrected chi connectivity index (χ1v) is 8.33. The Hall–Kier alpha value is -1.06. The Bertz CT molecular complexity index is 365. The zero-order chi connectivity index (χ0) is 13.9. The molecule has 2 amide bonds. The second kappa shape index (κ2) is 6.15. The van der Waals surface area contributed by atoms with E-state index >= 15 is 0 Å². The summed E-state index contributed by atoms with van der Waals surface area (Å²) in [5.74, 6) is 1.18. The molecule has 2 aliphatic carbocycles. The molecule has 112 valence electrons. The molecule has 0 spiro atoms. The van der Waals surface area contributed by atoms with Gasteiger partial charge in [-0.1, -0.05) is 19.3 Å². The molecule has 0 radical (unpaired) electrons. The summed E-state index contributed by atoms with van der Waals surface area (Å²) in [5.41, 5.74) is 0. The molecule has 2 saturated carbocycles. The maximum absolute atomic E-state index is 12.4. The maximum Gasteiger partial charge on any atom is 0.225 e. The largest absolute Gasteiger partial charge is 0.353 e. The summed E-state index contributed by atoms with van der Waals surface area (Å²) in [7, 11) is 0. The summed E-state index contributed by atoms with van der Waals surface area (Å²) in [4.78, 5) is 26.2. The van der Waals surface area contributed by atoms with Crippen molar-refractivity contribution in [1.29, 1.82) is 0 Å². The lowest BCUT2D eigenvalue weighted by Gasteiger charge is -2.35. The third-order valence-corrected chi connectivity index (χ3v) is 5.06. The lowest BCUT2D eigenvalue weighted by atomic mass is 9.87. The minimum atomic E-state index is 0.238. The Morgan fingerprint density at radius 1 is 0.800 bits per heavy atom.